The van der Waals surface area contributed by atoms with Gasteiger partial charge in [-0.25, -0.2) is 4.79 Å². The molecule has 2 aromatic carbocycles. The zero-order valence-corrected chi connectivity index (χ0v) is 16.9. The van der Waals surface area contributed by atoms with Crippen LogP contribution in [0.5, 0.6) is 11.5 Å². The summed E-state index contributed by atoms with van der Waals surface area (Å²) in [6.07, 6.45) is 3.33. The Hall–Kier alpha value is -3.72. The van der Waals surface area contributed by atoms with Crippen molar-refractivity contribution in [2.24, 2.45) is 0 Å². The van der Waals surface area contributed by atoms with Crippen molar-refractivity contribution in [3.63, 3.8) is 0 Å². The van der Waals surface area contributed by atoms with Crippen molar-refractivity contribution in [2.75, 3.05) is 14.2 Å². The molecular weight excluding hydrogens is 406 g/mol. The lowest BCUT2D eigenvalue weighted by molar-refractivity contribution is -0.131. The van der Waals surface area contributed by atoms with Crippen LogP contribution in [-0.2, 0) is 4.79 Å². The molecule has 0 spiro atoms. The van der Waals surface area contributed by atoms with Gasteiger partial charge in [0.25, 0.3) is 5.22 Å². The third-order valence-electron chi connectivity index (χ3n) is 4.32. The first-order valence-corrected chi connectivity index (χ1v) is 9.65. The lowest BCUT2D eigenvalue weighted by atomic mass is 10.1. The first kappa shape index (κ1) is 19.6. The van der Waals surface area contributed by atoms with Gasteiger partial charge in [-0.3, -0.25) is 0 Å². The van der Waals surface area contributed by atoms with Crippen molar-refractivity contribution in [1.82, 2.24) is 15.2 Å². The van der Waals surface area contributed by atoms with Crippen LogP contribution in [0, 0.1) is 0 Å². The summed E-state index contributed by atoms with van der Waals surface area (Å²) >= 11 is 0.884. The highest BCUT2D eigenvalue weighted by Gasteiger charge is 2.17. The van der Waals surface area contributed by atoms with Crippen molar-refractivity contribution in [3.8, 4) is 23.0 Å². The van der Waals surface area contributed by atoms with E-state index in [1.54, 1.807) is 44.7 Å². The van der Waals surface area contributed by atoms with Crippen LogP contribution in [-0.4, -0.2) is 40.5 Å². The number of hydrogen-bond acceptors (Lipinski definition) is 7. The SMILES string of the molecule is COc1cc(OC)cc(-c2nnc(S/C(=C\c3c[nH]c4ccccc34)C(=O)O)o2)c1. The summed E-state index contributed by atoms with van der Waals surface area (Å²) in [5.74, 6) is 0.282. The molecule has 0 aliphatic heterocycles. The van der Waals surface area contributed by atoms with Gasteiger partial charge in [-0.15, -0.1) is 10.2 Å². The number of nitrogens with zero attached hydrogens (tertiary/aromatic N) is 2. The normalized spacial score (nSPS) is 11.6. The van der Waals surface area contributed by atoms with E-state index in [0.29, 0.717) is 17.1 Å². The molecule has 2 heterocycles. The summed E-state index contributed by atoms with van der Waals surface area (Å²) in [5.41, 5.74) is 2.28. The predicted octanol–water partition coefficient (Wildman–Crippen LogP) is 4.45. The van der Waals surface area contributed by atoms with Crippen LogP contribution >= 0.6 is 11.8 Å². The van der Waals surface area contributed by atoms with E-state index in [1.165, 1.54) is 0 Å². The maximum absolute atomic E-state index is 11.8. The van der Waals surface area contributed by atoms with Gasteiger partial charge in [0.2, 0.25) is 5.89 Å². The van der Waals surface area contributed by atoms with Crippen molar-refractivity contribution >= 4 is 34.7 Å². The maximum Gasteiger partial charge on any atom is 0.342 e. The Balaban J connectivity index is 1.63. The van der Waals surface area contributed by atoms with Crippen LogP contribution in [0.15, 0.2) is 63.2 Å². The van der Waals surface area contributed by atoms with E-state index < -0.39 is 5.97 Å². The maximum atomic E-state index is 11.8. The summed E-state index contributed by atoms with van der Waals surface area (Å²) in [6.45, 7) is 0. The van der Waals surface area contributed by atoms with Crippen LogP contribution in [0.3, 0.4) is 0 Å². The Labute approximate surface area is 175 Å². The highest BCUT2D eigenvalue weighted by molar-refractivity contribution is 8.03. The smallest absolute Gasteiger partial charge is 0.342 e. The second-order valence-corrected chi connectivity index (χ2v) is 7.17. The van der Waals surface area contributed by atoms with Crippen LogP contribution in [0.4, 0.5) is 0 Å². The number of carboxylic acids is 1. The Kier molecular flexibility index (Phi) is 5.44. The summed E-state index contributed by atoms with van der Waals surface area (Å²) in [4.78, 5) is 15.0. The summed E-state index contributed by atoms with van der Waals surface area (Å²) in [5, 5.41) is 18.7. The largest absolute Gasteiger partial charge is 0.497 e. The second kappa shape index (κ2) is 8.34. The number of thioether (sulfide) groups is 1. The number of rotatable bonds is 7. The first-order valence-electron chi connectivity index (χ1n) is 8.83. The van der Waals surface area contributed by atoms with Crippen LogP contribution in [0.2, 0.25) is 0 Å². The molecule has 0 saturated carbocycles. The van der Waals surface area contributed by atoms with Gasteiger partial charge in [-0.2, -0.15) is 0 Å². The van der Waals surface area contributed by atoms with Crippen LogP contribution in [0.25, 0.3) is 28.4 Å². The molecule has 0 radical (unpaired) electrons. The molecule has 0 bridgehead atoms. The fourth-order valence-electron chi connectivity index (χ4n) is 2.88. The van der Waals surface area contributed by atoms with E-state index in [2.05, 4.69) is 15.2 Å². The van der Waals surface area contributed by atoms with E-state index in [1.807, 2.05) is 24.3 Å². The van der Waals surface area contributed by atoms with Gasteiger partial charge in [-0.1, -0.05) is 18.2 Å². The van der Waals surface area contributed by atoms with Gasteiger partial charge in [0.05, 0.1) is 14.2 Å². The van der Waals surface area contributed by atoms with Gasteiger partial charge >= 0.3 is 5.97 Å². The van der Waals surface area contributed by atoms with Crippen LogP contribution < -0.4 is 9.47 Å². The minimum absolute atomic E-state index is 0.0539. The number of nitrogens with one attached hydrogen (secondary N) is 1. The quantitative estimate of drug-likeness (QED) is 0.331. The first-order chi connectivity index (χ1) is 14.6. The molecule has 30 heavy (non-hydrogen) atoms. The van der Waals surface area contributed by atoms with E-state index in [4.69, 9.17) is 13.9 Å². The fourth-order valence-corrected chi connectivity index (χ4v) is 3.55. The monoisotopic (exact) mass is 423 g/mol. The number of ether oxygens (including phenoxy) is 2. The number of carbonyl (C=O) groups is 1. The highest BCUT2D eigenvalue weighted by Crippen LogP contribution is 2.33. The topological polar surface area (TPSA) is 110 Å². The lowest BCUT2D eigenvalue weighted by Gasteiger charge is -2.05. The number of aromatic amines is 1. The summed E-state index contributed by atoms with van der Waals surface area (Å²) < 4.78 is 16.2. The minimum atomic E-state index is -1.09. The van der Waals surface area contributed by atoms with E-state index >= 15 is 0 Å². The molecule has 2 aromatic heterocycles. The minimum Gasteiger partial charge on any atom is -0.497 e. The standard InChI is InChI=1S/C21H17N3O5S/c1-27-14-7-12(8-15(10-14)28-2)19-23-24-21(29-19)30-18(20(25)26)9-13-11-22-17-6-4-3-5-16(13)17/h3-11,22H,1-2H3,(H,25,26)/b18-9-. The average Bonchev–Trinajstić information content (AvgIpc) is 3.40. The number of aliphatic carboxylic acids is 1. The molecule has 2 N–H and O–H groups in total. The molecule has 0 fully saturated rings. The molecule has 9 heteroatoms. The van der Waals surface area contributed by atoms with Gasteiger partial charge in [0.15, 0.2) is 0 Å². The lowest BCUT2D eigenvalue weighted by Crippen LogP contribution is -1.96. The number of benzene rings is 2. The van der Waals surface area contributed by atoms with Crippen LogP contribution in [0.1, 0.15) is 5.56 Å². The molecule has 8 nitrogen and oxygen atoms in total. The molecule has 0 saturated heterocycles. The van der Waals surface area contributed by atoms with Crippen molar-refractivity contribution < 1.29 is 23.8 Å². The van der Waals surface area contributed by atoms with Crippen molar-refractivity contribution in [2.45, 2.75) is 5.22 Å². The Morgan fingerprint density at radius 2 is 1.87 bits per heavy atom. The third kappa shape index (κ3) is 4.01. The Bertz CT molecular complexity index is 1220. The third-order valence-corrected chi connectivity index (χ3v) is 5.17. The zero-order valence-electron chi connectivity index (χ0n) is 16.1. The van der Waals surface area contributed by atoms with E-state index in [-0.39, 0.29) is 16.0 Å². The molecule has 152 valence electrons. The van der Waals surface area contributed by atoms with Crippen molar-refractivity contribution in [3.05, 3.63) is 59.1 Å². The second-order valence-electron chi connectivity index (χ2n) is 6.18. The molecule has 4 aromatic rings. The summed E-state index contributed by atoms with van der Waals surface area (Å²) in [6, 6.07) is 12.8. The molecule has 0 aliphatic carbocycles. The van der Waals surface area contributed by atoms with Gasteiger partial charge in [0, 0.05) is 34.3 Å². The molecule has 0 aliphatic rings. The Morgan fingerprint density at radius 3 is 2.57 bits per heavy atom. The molecular formula is C21H17N3O5S. The highest BCUT2D eigenvalue weighted by atomic mass is 32.2. The number of methoxy groups -OCH3 is 2. The number of hydrogen-bond donors (Lipinski definition) is 2. The summed E-state index contributed by atoms with van der Waals surface area (Å²) in [7, 11) is 3.09. The number of para-hydroxylation sites is 1. The van der Waals surface area contributed by atoms with Gasteiger partial charge in [0.1, 0.15) is 16.4 Å². The molecule has 4 rings (SSSR count). The zero-order chi connectivity index (χ0) is 21.1. The number of aromatic nitrogens is 3. The van der Waals surface area contributed by atoms with Crippen molar-refractivity contribution in [1.29, 1.82) is 0 Å². The average molecular weight is 423 g/mol. The molecule has 0 amide bonds. The molecule has 0 unspecified atom stereocenters. The predicted molar refractivity (Wildman–Crippen MR) is 113 cm³/mol. The van der Waals surface area contributed by atoms with Gasteiger partial charge < -0.3 is 24.0 Å². The van der Waals surface area contributed by atoms with Gasteiger partial charge in [-0.05, 0) is 36.0 Å². The fraction of sp³-hybridized carbons (Fsp3) is 0.0952. The number of carboxylic acid groups (broad SMARTS) is 1. The van der Waals surface area contributed by atoms with E-state index in [0.717, 1.165) is 28.2 Å². The van der Waals surface area contributed by atoms with E-state index in [9.17, 15) is 9.90 Å². The molecule has 0 atom stereocenters. The number of fused-ring (bicyclic) bond motifs is 1. The number of H-pyrrole nitrogens is 1. The Morgan fingerprint density at radius 1 is 1.13 bits per heavy atom.